The number of ether oxygens (including phenoxy) is 4. The predicted molar refractivity (Wildman–Crippen MR) is 427 cm³/mol. The summed E-state index contributed by atoms with van der Waals surface area (Å²) >= 11 is 0. The second kappa shape index (κ2) is 77.1. The van der Waals surface area contributed by atoms with E-state index in [-0.39, 0.29) is 25.7 Å². The lowest BCUT2D eigenvalue weighted by atomic mass is 10.1. The average Bonchev–Trinajstić information content (AvgIpc) is 0.928. The second-order valence-electron chi connectivity index (χ2n) is 27.7. The molecule has 5 atom stereocenters. The lowest BCUT2D eigenvalue weighted by Gasteiger charge is -2.21. The lowest BCUT2D eigenvalue weighted by molar-refractivity contribution is -0.161. The van der Waals surface area contributed by atoms with Crippen molar-refractivity contribution in [3.63, 3.8) is 0 Å². The Hall–Kier alpha value is -4.02. The van der Waals surface area contributed by atoms with Crippen LogP contribution >= 0.6 is 15.6 Å². The molecule has 0 amide bonds. The fourth-order valence-electron chi connectivity index (χ4n) is 11.1. The molecule has 0 aliphatic rings. The van der Waals surface area contributed by atoms with Crippen molar-refractivity contribution in [2.45, 2.75) is 380 Å². The summed E-state index contributed by atoms with van der Waals surface area (Å²) in [6.45, 7) is 4.79. The van der Waals surface area contributed by atoms with Crippen LogP contribution in [0.25, 0.3) is 0 Å². The Balaban J connectivity index is 5.36. The first-order valence-corrected chi connectivity index (χ1v) is 44.5. The number of hydrogen-bond acceptors (Lipinski definition) is 15. The van der Waals surface area contributed by atoms with Crippen molar-refractivity contribution in [1.82, 2.24) is 0 Å². The largest absolute Gasteiger partial charge is 0.472 e. The highest BCUT2D eigenvalue weighted by Gasteiger charge is 2.30. The van der Waals surface area contributed by atoms with E-state index >= 15 is 0 Å². The van der Waals surface area contributed by atoms with Gasteiger partial charge in [-0.1, -0.05) is 298 Å². The molecule has 602 valence electrons. The molecule has 0 aromatic carbocycles. The van der Waals surface area contributed by atoms with Crippen molar-refractivity contribution in [3.05, 3.63) is 97.2 Å². The first kappa shape index (κ1) is 100.0. The Bertz CT molecular complexity index is 2350. The third-order valence-corrected chi connectivity index (χ3v) is 19.4. The van der Waals surface area contributed by atoms with Gasteiger partial charge in [-0.3, -0.25) is 37.3 Å². The van der Waals surface area contributed by atoms with Gasteiger partial charge in [0.05, 0.1) is 26.4 Å². The summed E-state index contributed by atoms with van der Waals surface area (Å²) in [7, 11) is -9.96. The van der Waals surface area contributed by atoms with Gasteiger partial charge in [-0.05, 0) is 135 Å². The standard InChI is InChI=1S/C85H150O17P2/c1-5-9-13-17-21-25-29-32-35-37-39-41-44-47-51-54-58-62-66-70-83(88)96-76-81(102-85(90)72-68-64-60-56-52-48-45-42-40-38-36-33-30-26-22-18-14-10-6-2)78-100-104(93,94)98-74-79(86)73-97-103(91,92)99-77-80(101-84(89)71-67-63-59-55-49-28-24-20-16-12-8-4)75-95-82(87)69-65-61-57-53-50-46-43-34-31-27-23-19-15-11-7-3/h21-23,25-27,32-36,39-43,79-81,86H,5-20,24,28-31,37-38,44-78H2,1-4H3,(H,91,92)(H,93,94)/b25-21-,26-22-,27-23-,35-32-,36-33-,41-39-,42-40-,43-34-. The van der Waals surface area contributed by atoms with Crippen molar-refractivity contribution in [2.24, 2.45) is 0 Å². The highest BCUT2D eigenvalue weighted by molar-refractivity contribution is 7.47. The van der Waals surface area contributed by atoms with Crippen molar-refractivity contribution >= 4 is 39.5 Å². The molecule has 3 N–H and O–H groups in total. The first-order valence-electron chi connectivity index (χ1n) is 41.5. The second-order valence-corrected chi connectivity index (χ2v) is 30.6. The fraction of sp³-hybridized carbons (Fsp3) is 0.765. The zero-order chi connectivity index (χ0) is 76.0. The molecule has 0 rings (SSSR count). The van der Waals surface area contributed by atoms with E-state index < -0.39 is 97.5 Å². The van der Waals surface area contributed by atoms with Gasteiger partial charge in [-0.25, -0.2) is 9.13 Å². The monoisotopic (exact) mass is 1510 g/mol. The Kier molecular flexibility index (Phi) is 74.2. The molecule has 17 nitrogen and oxygen atoms in total. The maximum absolute atomic E-state index is 13.1. The number of rotatable bonds is 78. The minimum Gasteiger partial charge on any atom is -0.462 e. The molecule has 0 aliphatic heterocycles. The summed E-state index contributed by atoms with van der Waals surface area (Å²) < 4.78 is 68.7. The molecule has 0 fully saturated rings. The molecule has 5 unspecified atom stereocenters. The Morgan fingerprint density at radius 2 is 0.471 bits per heavy atom. The molecule has 0 aromatic rings. The maximum Gasteiger partial charge on any atom is 0.472 e. The first-order chi connectivity index (χ1) is 50.7. The van der Waals surface area contributed by atoms with E-state index in [1.807, 2.05) is 0 Å². The minimum absolute atomic E-state index is 0.0776. The number of carbonyl (C=O) groups excluding carboxylic acids is 4. The molecule has 0 aliphatic carbocycles. The summed E-state index contributed by atoms with van der Waals surface area (Å²) in [6.07, 6.45) is 82.3. The molecule has 19 heteroatoms. The van der Waals surface area contributed by atoms with E-state index in [9.17, 15) is 43.2 Å². The molecular weight excluding hydrogens is 1350 g/mol. The van der Waals surface area contributed by atoms with E-state index in [2.05, 4.69) is 125 Å². The zero-order valence-corrected chi connectivity index (χ0v) is 67.7. The highest BCUT2D eigenvalue weighted by Crippen LogP contribution is 2.45. The number of carbonyl (C=O) groups is 4. The molecular formula is C85H150O17P2. The third-order valence-electron chi connectivity index (χ3n) is 17.5. The van der Waals surface area contributed by atoms with Crippen LogP contribution in [-0.2, 0) is 65.4 Å². The molecule has 0 saturated carbocycles. The Morgan fingerprint density at radius 3 is 0.740 bits per heavy atom. The summed E-state index contributed by atoms with van der Waals surface area (Å²) in [4.78, 5) is 73.1. The van der Waals surface area contributed by atoms with Gasteiger partial charge >= 0.3 is 39.5 Å². The third kappa shape index (κ3) is 76.2. The zero-order valence-electron chi connectivity index (χ0n) is 65.9. The molecule has 0 spiro atoms. The topological polar surface area (TPSA) is 237 Å². The van der Waals surface area contributed by atoms with E-state index in [4.69, 9.17) is 37.0 Å². The number of aliphatic hydroxyl groups excluding tert-OH is 1. The van der Waals surface area contributed by atoms with Crippen LogP contribution in [0.15, 0.2) is 97.2 Å². The number of unbranched alkanes of at least 4 members (excludes halogenated alkanes) is 36. The Morgan fingerprint density at radius 1 is 0.269 bits per heavy atom. The number of allylic oxidation sites excluding steroid dienone is 16. The molecule has 0 heterocycles. The van der Waals surface area contributed by atoms with Crippen LogP contribution in [0.1, 0.15) is 362 Å². The summed E-state index contributed by atoms with van der Waals surface area (Å²) in [6, 6.07) is 0. The normalized spacial score (nSPS) is 14.3. The smallest absolute Gasteiger partial charge is 0.462 e. The van der Waals surface area contributed by atoms with E-state index in [0.717, 1.165) is 186 Å². The van der Waals surface area contributed by atoms with Gasteiger partial charge in [0.2, 0.25) is 0 Å². The van der Waals surface area contributed by atoms with E-state index in [1.54, 1.807) is 0 Å². The van der Waals surface area contributed by atoms with Gasteiger partial charge in [0.25, 0.3) is 0 Å². The van der Waals surface area contributed by atoms with Gasteiger partial charge in [-0.15, -0.1) is 0 Å². The van der Waals surface area contributed by atoms with Gasteiger partial charge in [0, 0.05) is 25.7 Å². The quantitative estimate of drug-likeness (QED) is 0.0169. The van der Waals surface area contributed by atoms with Crippen LogP contribution in [0.2, 0.25) is 0 Å². The molecule has 0 saturated heterocycles. The number of phosphoric ester groups is 2. The number of phosphoric acid groups is 2. The average molecular weight is 1510 g/mol. The van der Waals surface area contributed by atoms with Crippen molar-refractivity contribution in [1.29, 1.82) is 0 Å². The van der Waals surface area contributed by atoms with Crippen LogP contribution in [0.4, 0.5) is 0 Å². The maximum atomic E-state index is 13.1. The van der Waals surface area contributed by atoms with E-state index in [1.165, 1.54) is 96.3 Å². The molecule has 104 heavy (non-hydrogen) atoms. The van der Waals surface area contributed by atoms with Gasteiger partial charge < -0.3 is 33.8 Å². The Labute approximate surface area is 633 Å². The van der Waals surface area contributed by atoms with Gasteiger partial charge in [0.1, 0.15) is 19.3 Å². The van der Waals surface area contributed by atoms with Crippen LogP contribution in [-0.4, -0.2) is 96.7 Å². The summed E-state index contributed by atoms with van der Waals surface area (Å²) in [5, 5.41) is 10.6. The SMILES string of the molecule is CCCCC/C=C\C/C=C\C/C=C\CCCCCCCCC(=O)OCC(COP(=O)(O)OCC(O)COP(=O)(O)OCC(COC(=O)CCCCCCC/C=C\C/C=C\CCCCC)OC(=O)CCCCCCCCCCCCC)OC(=O)CCCCCCCC/C=C\C/C=C\C/C=C\CCCCC. The van der Waals surface area contributed by atoms with Gasteiger partial charge in [0.15, 0.2) is 12.2 Å². The van der Waals surface area contributed by atoms with Crippen LogP contribution < -0.4 is 0 Å². The molecule has 0 aromatic heterocycles. The van der Waals surface area contributed by atoms with Crippen molar-refractivity contribution in [3.8, 4) is 0 Å². The number of esters is 4. The fourth-order valence-corrected chi connectivity index (χ4v) is 12.7. The molecule has 0 bridgehead atoms. The minimum atomic E-state index is -4.99. The number of aliphatic hydroxyl groups is 1. The van der Waals surface area contributed by atoms with Crippen LogP contribution in [0.5, 0.6) is 0 Å². The number of hydrogen-bond donors (Lipinski definition) is 3. The predicted octanol–water partition coefficient (Wildman–Crippen LogP) is 24.3. The van der Waals surface area contributed by atoms with Gasteiger partial charge in [-0.2, -0.15) is 0 Å². The van der Waals surface area contributed by atoms with Crippen LogP contribution in [0.3, 0.4) is 0 Å². The summed E-state index contributed by atoms with van der Waals surface area (Å²) in [5.74, 6) is -2.20. The highest BCUT2D eigenvalue weighted by atomic mass is 31.2. The van der Waals surface area contributed by atoms with Crippen molar-refractivity contribution < 1.29 is 80.2 Å². The van der Waals surface area contributed by atoms with Crippen LogP contribution in [0, 0.1) is 0 Å². The lowest BCUT2D eigenvalue weighted by Crippen LogP contribution is -2.30. The molecule has 0 radical (unpaired) electrons. The van der Waals surface area contributed by atoms with E-state index in [0.29, 0.717) is 25.7 Å². The van der Waals surface area contributed by atoms with Crippen molar-refractivity contribution in [2.75, 3.05) is 39.6 Å². The summed E-state index contributed by atoms with van der Waals surface area (Å²) in [5.41, 5.74) is 0.